The van der Waals surface area contributed by atoms with Crippen molar-refractivity contribution >= 4 is 11.6 Å². The zero-order valence-corrected chi connectivity index (χ0v) is 12.2. The minimum atomic E-state index is 0.466. The van der Waals surface area contributed by atoms with Gasteiger partial charge in [0.05, 0.1) is 0 Å². The van der Waals surface area contributed by atoms with Crippen LogP contribution in [0.3, 0.4) is 0 Å². The zero-order valence-electron chi connectivity index (χ0n) is 11.4. The van der Waals surface area contributed by atoms with E-state index < -0.39 is 0 Å². The lowest BCUT2D eigenvalue weighted by Crippen LogP contribution is -2.09. The van der Waals surface area contributed by atoms with Gasteiger partial charge in [0.1, 0.15) is 24.7 Å². The third kappa shape index (κ3) is 4.15. The van der Waals surface area contributed by atoms with Crippen LogP contribution in [0.4, 0.5) is 0 Å². The fourth-order valence-corrected chi connectivity index (χ4v) is 1.96. The number of halogens is 1. The number of nitrogens with two attached hydrogens (primary N) is 1. The second-order valence-electron chi connectivity index (χ2n) is 4.46. The summed E-state index contributed by atoms with van der Waals surface area (Å²) in [5.74, 6) is 1.59. The molecule has 0 saturated carbocycles. The van der Waals surface area contributed by atoms with E-state index in [0.29, 0.717) is 24.8 Å². The Labute approximate surface area is 124 Å². The van der Waals surface area contributed by atoms with E-state index in [0.717, 1.165) is 22.6 Å². The molecule has 0 aliphatic rings. The Morgan fingerprint density at radius 1 is 1.05 bits per heavy atom. The molecule has 0 radical (unpaired) electrons. The molecule has 0 aliphatic heterocycles. The second kappa shape index (κ2) is 7.17. The van der Waals surface area contributed by atoms with Crippen LogP contribution in [0.1, 0.15) is 11.1 Å². The van der Waals surface area contributed by atoms with Gasteiger partial charge in [-0.15, -0.1) is 0 Å². The van der Waals surface area contributed by atoms with Crippen LogP contribution >= 0.6 is 11.6 Å². The van der Waals surface area contributed by atoms with Crippen LogP contribution in [0, 0.1) is 6.92 Å². The van der Waals surface area contributed by atoms with Gasteiger partial charge in [-0.25, -0.2) is 0 Å². The highest BCUT2D eigenvalue weighted by Gasteiger charge is 2.01. The SMILES string of the molecule is Cc1ccc(Cl)cc1OCCOc1cccc(CN)c1. The lowest BCUT2D eigenvalue weighted by molar-refractivity contribution is 0.216. The van der Waals surface area contributed by atoms with Gasteiger partial charge in [-0.05, 0) is 42.3 Å². The van der Waals surface area contributed by atoms with Crippen molar-refractivity contribution in [1.29, 1.82) is 0 Å². The first-order valence-corrected chi connectivity index (χ1v) is 6.87. The Bertz CT molecular complexity index is 572. The number of benzene rings is 2. The molecule has 0 heterocycles. The quantitative estimate of drug-likeness (QED) is 0.828. The summed E-state index contributed by atoms with van der Waals surface area (Å²) in [6.45, 7) is 3.43. The summed E-state index contributed by atoms with van der Waals surface area (Å²) in [6, 6.07) is 13.3. The molecule has 0 aromatic heterocycles. The van der Waals surface area contributed by atoms with Crippen molar-refractivity contribution in [3.05, 3.63) is 58.6 Å². The molecule has 2 rings (SSSR count). The number of rotatable bonds is 6. The van der Waals surface area contributed by atoms with E-state index in [1.54, 1.807) is 0 Å². The molecule has 0 fully saturated rings. The average molecular weight is 292 g/mol. The number of hydrogen-bond donors (Lipinski definition) is 1. The Hall–Kier alpha value is -1.71. The van der Waals surface area contributed by atoms with Crippen LogP contribution in [0.15, 0.2) is 42.5 Å². The molecular formula is C16H18ClNO2. The minimum absolute atomic E-state index is 0.466. The maximum Gasteiger partial charge on any atom is 0.123 e. The minimum Gasteiger partial charge on any atom is -0.490 e. The first-order valence-electron chi connectivity index (χ1n) is 6.50. The van der Waals surface area contributed by atoms with Crippen molar-refractivity contribution in [2.45, 2.75) is 13.5 Å². The first-order chi connectivity index (χ1) is 9.69. The first kappa shape index (κ1) is 14.7. The Morgan fingerprint density at radius 2 is 1.85 bits per heavy atom. The number of ether oxygens (including phenoxy) is 2. The molecule has 0 amide bonds. The Morgan fingerprint density at radius 3 is 2.65 bits per heavy atom. The van der Waals surface area contributed by atoms with Gasteiger partial charge in [0.25, 0.3) is 0 Å². The second-order valence-corrected chi connectivity index (χ2v) is 4.89. The van der Waals surface area contributed by atoms with E-state index in [1.807, 2.05) is 49.4 Å². The number of aryl methyl sites for hydroxylation is 1. The molecular weight excluding hydrogens is 274 g/mol. The predicted molar refractivity (Wildman–Crippen MR) is 81.5 cm³/mol. The van der Waals surface area contributed by atoms with Gasteiger partial charge in [-0.3, -0.25) is 0 Å². The van der Waals surface area contributed by atoms with Crippen molar-refractivity contribution in [3.8, 4) is 11.5 Å². The van der Waals surface area contributed by atoms with Crippen molar-refractivity contribution < 1.29 is 9.47 Å². The van der Waals surface area contributed by atoms with E-state index in [1.165, 1.54) is 0 Å². The molecule has 0 unspecified atom stereocenters. The summed E-state index contributed by atoms with van der Waals surface area (Å²) >= 11 is 5.94. The zero-order chi connectivity index (χ0) is 14.4. The summed E-state index contributed by atoms with van der Waals surface area (Å²) in [5, 5.41) is 0.669. The van der Waals surface area contributed by atoms with Crippen LogP contribution in [0.25, 0.3) is 0 Å². The van der Waals surface area contributed by atoms with Crippen LogP contribution < -0.4 is 15.2 Å². The highest BCUT2D eigenvalue weighted by atomic mass is 35.5. The van der Waals surface area contributed by atoms with E-state index >= 15 is 0 Å². The summed E-state index contributed by atoms with van der Waals surface area (Å²) < 4.78 is 11.3. The highest BCUT2D eigenvalue weighted by molar-refractivity contribution is 6.30. The van der Waals surface area contributed by atoms with Crippen LogP contribution in [-0.2, 0) is 6.54 Å². The molecule has 3 nitrogen and oxygen atoms in total. The Balaban J connectivity index is 1.82. The van der Waals surface area contributed by atoms with Gasteiger partial charge in [-0.2, -0.15) is 0 Å². The molecule has 0 aliphatic carbocycles. The van der Waals surface area contributed by atoms with Crippen LogP contribution in [-0.4, -0.2) is 13.2 Å². The summed E-state index contributed by atoms with van der Waals surface area (Å²) in [5.41, 5.74) is 7.69. The number of hydrogen-bond acceptors (Lipinski definition) is 3. The third-order valence-corrected chi connectivity index (χ3v) is 3.13. The van der Waals surface area contributed by atoms with Crippen molar-refractivity contribution in [1.82, 2.24) is 0 Å². The Kier molecular flexibility index (Phi) is 5.27. The van der Waals surface area contributed by atoms with Crippen molar-refractivity contribution in [2.75, 3.05) is 13.2 Å². The van der Waals surface area contributed by atoms with Gasteiger partial charge in [0, 0.05) is 11.6 Å². The van der Waals surface area contributed by atoms with Crippen molar-refractivity contribution in [3.63, 3.8) is 0 Å². The van der Waals surface area contributed by atoms with E-state index in [9.17, 15) is 0 Å². The summed E-state index contributed by atoms with van der Waals surface area (Å²) in [7, 11) is 0. The lowest BCUT2D eigenvalue weighted by atomic mass is 10.2. The average Bonchev–Trinajstić information content (AvgIpc) is 2.47. The summed E-state index contributed by atoms with van der Waals surface area (Å²) in [6.07, 6.45) is 0. The van der Waals surface area contributed by atoms with Crippen LogP contribution in [0.5, 0.6) is 11.5 Å². The lowest BCUT2D eigenvalue weighted by Gasteiger charge is -2.11. The van der Waals surface area contributed by atoms with Gasteiger partial charge in [-0.1, -0.05) is 29.8 Å². The maximum absolute atomic E-state index is 5.94. The fraction of sp³-hybridized carbons (Fsp3) is 0.250. The predicted octanol–water partition coefficient (Wildman–Crippen LogP) is 3.56. The topological polar surface area (TPSA) is 44.5 Å². The molecule has 0 spiro atoms. The van der Waals surface area contributed by atoms with E-state index in [2.05, 4.69) is 0 Å². The summed E-state index contributed by atoms with van der Waals surface area (Å²) in [4.78, 5) is 0. The molecule has 2 aromatic rings. The molecule has 2 N–H and O–H groups in total. The molecule has 0 saturated heterocycles. The van der Waals surface area contributed by atoms with Crippen LogP contribution in [0.2, 0.25) is 5.02 Å². The van der Waals surface area contributed by atoms with E-state index in [-0.39, 0.29) is 0 Å². The smallest absolute Gasteiger partial charge is 0.123 e. The molecule has 106 valence electrons. The van der Waals surface area contributed by atoms with Gasteiger partial charge >= 0.3 is 0 Å². The molecule has 2 aromatic carbocycles. The molecule has 0 atom stereocenters. The van der Waals surface area contributed by atoms with Gasteiger partial charge in [0.15, 0.2) is 0 Å². The third-order valence-electron chi connectivity index (χ3n) is 2.89. The molecule has 20 heavy (non-hydrogen) atoms. The monoisotopic (exact) mass is 291 g/mol. The highest BCUT2D eigenvalue weighted by Crippen LogP contribution is 2.22. The van der Waals surface area contributed by atoms with Gasteiger partial charge in [0.2, 0.25) is 0 Å². The van der Waals surface area contributed by atoms with E-state index in [4.69, 9.17) is 26.8 Å². The largest absolute Gasteiger partial charge is 0.490 e. The maximum atomic E-state index is 5.94. The van der Waals surface area contributed by atoms with Crippen molar-refractivity contribution in [2.24, 2.45) is 5.73 Å². The fourth-order valence-electron chi connectivity index (χ4n) is 1.80. The normalized spacial score (nSPS) is 10.3. The van der Waals surface area contributed by atoms with Gasteiger partial charge < -0.3 is 15.2 Å². The molecule has 0 bridgehead atoms. The standard InChI is InChI=1S/C16H18ClNO2/c1-12-5-6-14(17)10-16(12)20-8-7-19-15-4-2-3-13(9-15)11-18/h2-6,9-10H,7-8,11,18H2,1H3. The molecule has 4 heteroatoms.